The molecule has 0 saturated carbocycles. The molecule has 0 heterocycles. The summed E-state index contributed by atoms with van der Waals surface area (Å²) in [6, 6.07) is 0. The lowest BCUT2D eigenvalue weighted by Crippen LogP contribution is -2.48. The Morgan fingerprint density at radius 2 is 1.24 bits per heavy atom. The first-order valence-electron chi connectivity index (χ1n) is 6.52. The quantitative estimate of drug-likeness (QED) is 0.230. The van der Waals surface area contributed by atoms with Crippen LogP contribution in [0.1, 0.15) is 20.8 Å². The second-order valence-electron chi connectivity index (χ2n) is 4.92. The molecule has 0 N–H and O–H groups in total. The van der Waals surface area contributed by atoms with E-state index in [1.165, 1.54) is 20.8 Å². The van der Waals surface area contributed by atoms with Crippen LogP contribution in [0.5, 0.6) is 0 Å². The molecule has 0 aliphatic carbocycles. The van der Waals surface area contributed by atoms with E-state index in [1.54, 1.807) is 0 Å². The highest BCUT2D eigenvalue weighted by molar-refractivity contribution is 7.43. The number of phosphoric ester groups is 1. The normalized spacial score (nSPS) is 11.2. The van der Waals surface area contributed by atoms with Crippen LogP contribution in [0.25, 0.3) is 0 Å². The highest BCUT2D eigenvalue weighted by Gasteiger charge is 2.44. The molecule has 0 fully saturated rings. The molecule has 11 heteroatoms. The number of carbonyl (C=O) groups excluding carboxylic acids is 3. The summed E-state index contributed by atoms with van der Waals surface area (Å²) < 4.78 is 28.9. The van der Waals surface area contributed by atoms with E-state index in [2.05, 4.69) is 38.5 Å². The molecule has 0 aliphatic heterocycles. The van der Waals surface area contributed by atoms with Crippen molar-refractivity contribution < 1.29 is 47.5 Å². The molecule has 0 aliphatic rings. The minimum atomic E-state index is -5.87. The second kappa shape index (κ2) is 8.72. The molecule has 10 nitrogen and oxygen atoms in total. The SMILES string of the molecule is C=C(C)C(=O)OCC(OC(=O)C(=C)C)(OC(=O)C(=C)C)OP(=O)([O-])[O-]. The minimum absolute atomic E-state index is 0.112. The molecule has 0 bridgehead atoms. The Morgan fingerprint density at radius 1 is 0.880 bits per heavy atom. The fourth-order valence-electron chi connectivity index (χ4n) is 1.05. The third-order valence-electron chi connectivity index (χ3n) is 2.17. The first kappa shape index (κ1) is 22.7. The van der Waals surface area contributed by atoms with Crippen LogP contribution in [0.4, 0.5) is 0 Å². The molecule has 0 unspecified atom stereocenters. The average Bonchev–Trinajstić information content (AvgIpc) is 2.42. The van der Waals surface area contributed by atoms with Gasteiger partial charge in [-0.3, -0.25) is 4.52 Å². The average molecular weight is 376 g/mol. The molecular weight excluding hydrogens is 359 g/mol. The first-order chi connectivity index (χ1) is 11.2. The van der Waals surface area contributed by atoms with Crippen LogP contribution in [-0.4, -0.2) is 30.5 Å². The van der Waals surface area contributed by atoms with Crippen molar-refractivity contribution in [3.05, 3.63) is 36.5 Å². The predicted molar refractivity (Wildman–Crippen MR) is 79.0 cm³/mol. The van der Waals surface area contributed by atoms with E-state index in [-0.39, 0.29) is 16.7 Å². The second-order valence-corrected chi connectivity index (χ2v) is 5.99. The summed E-state index contributed by atoms with van der Waals surface area (Å²) in [6.45, 7) is 12.1. The van der Waals surface area contributed by atoms with Gasteiger partial charge in [0, 0.05) is 16.7 Å². The minimum Gasteiger partial charge on any atom is -0.790 e. The lowest BCUT2D eigenvalue weighted by Gasteiger charge is -2.39. The number of hydrogen-bond donors (Lipinski definition) is 0. The number of rotatable bonds is 9. The van der Waals surface area contributed by atoms with Gasteiger partial charge >= 0.3 is 23.9 Å². The Kier molecular flexibility index (Phi) is 7.94. The van der Waals surface area contributed by atoms with Crippen molar-refractivity contribution in [2.45, 2.75) is 26.7 Å². The third kappa shape index (κ3) is 8.41. The van der Waals surface area contributed by atoms with E-state index < -0.39 is 38.3 Å². The summed E-state index contributed by atoms with van der Waals surface area (Å²) in [5.74, 6) is -6.81. The van der Waals surface area contributed by atoms with Gasteiger partial charge in [0.1, 0.15) is 0 Å². The topological polar surface area (TPSA) is 151 Å². The van der Waals surface area contributed by atoms with Crippen molar-refractivity contribution in [2.75, 3.05) is 6.61 Å². The van der Waals surface area contributed by atoms with Crippen LogP contribution in [0, 0.1) is 0 Å². The molecule has 140 valence electrons. The van der Waals surface area contributed by atoms with Crippen molar-refractivity contribution in [3.8, 4) is 0 Å². The van der Waals surface area contributed by atoms with Crippen molar-refractivity contribution in [1.29, 1.82) is 0 Å². The Balaban J connectivity index is 5.86. The lowest BCUT2D eigenvalue weighted by molar-refractivity contribution is -0.395. The Labute approximate surface area is 143 Å². The standard InChI is InChI=1S/C14H19O10P/c1-8(2)11(15)21-7-14(24-25(18,19)20,22-12(16)9(3)4)23-13(17)10(5)6/h1,3,5,7H2,2,4,6H3,(H2,18,19,20)/p-2. The Bertz CT molecular complexity index is 629. The summed E-state index contributed by atoms with van der Waals surface area (Å²) in [6.07, 6.45) is 0. The van der Waals surface area contributed by atoms with Crippen LogP contribution in [0.3, 0.4) is 0 Å². The van der Waals surface area contributed by atoms with E-state index in [4.69, 9.17) is 0 Å². The summed E-state index contributed by atoms with van der Waals surface area (Å²) >= 11 is 0. The summed E-state index contributed by atoms with van der Waals surface area (Å²) in [5, 5.41) is 0. The molecule has 0 rings (SSSR count). The van der Waals surface area contributed by atoms with E-state index in [9.17, 15) is 28.7 Å². The zero-order chi connectivity index (χ0) is 20.0. The number of carbonyl (C=O) groups is 3. The highest BCUT2D eigenvalue weighted by Crippen LogP contribution is 2.36. The van der Waals surface area contributed by atoms with Gasteiger partial charge in [-0.05, 0) is 20.8 Å². The molecule has 0 aromatic heterocycles. The maximum Gasteiger partial charge on any atom is 0.416 e. The molecule has 0 amide bonds. The van der Waals surface area contributed by atoms with Gasteiger partial charge in [0.25, 0.3) is 0 Å². The van der Waals surface area contributed by atoms with E-state index in [1.807, 2.05) is 0 Å². The Morgan fingerprint density at radius 3 is 1.52 bits per heavy atom. The lowest BCUT2D eigenvalue weighted by atomic mass is 10.3. The molecule has 0 aromatic carbocycles. The van der Waals surface area contributed by atoms with Gasteiger partial charge in [-0.15, -0.1) is 0 Å². The maximum atomic E-state index is 11.7. The fraction of sp³-hybridized carbons (Fsp3) is 0.357. The van der Waals surface area contributed by atoms with Crippen molar-refractivity contribution >= 4 is 25.7 Å². The number of esters is 3. The molecule has 0 radical (unpaired) electrons. The van der Waals surface area contributed by atoms with Crippen LogP contribution >= 0.6 is 7.82 Å². The zero-order valence-electron chi connectivity index (χ0n) is 13.9. The molecule has 0 spiro atoms. The number of hydrogen-bond acceptors (Lipinski definition) is 10. The van der Waals surface area contributed by atoms with Gasteiger partial charge in [0.05, 0.1) is 7.82 Å². The zero-order valence-corrected chi connectivity index (χ0v) is 14.8. The molecule has 25 heavy (non-hydrogen) atoms. The predicted octanol–water partition coefficient (Wildman–Crippen LogP) is -0.157. The van der Waals surface area contributed by atoms with E-state index in [0.29, 0.717) is 0 Å². The van der Waals surface area contributed by atoms with Crippen LogP contribution in [-0.2, 0) is 37.7 Å². The van der Waals surface area contributed by atoms with Crippen LogP contribution in [0.15, 0.2) is 36.5 Å². The van der Waals surface area contributed by atoms with Gasteiger partial charge in [-0.25, -0.2) is 14.4 Å². The third-order valence-corrected chi connectivity index (χ3v) is 2.67. The molecular formula is C14H17O10P-2. The van der Waals surface area contributed by atoms with Gasteiger partial charge in [0.15, 0.2) is 6.61 Å². The molecule has 0 atom stereocenters. The van der Waals surface area contributed by atoms with Crippen molar-refractivity contribution in [2.24, 2.45) is 0 Å². The molecule has 0 aromatic rings. The smallest absolute Gasteiger partial charge is 0.416 e. The molecule has 0 saturated heterocycles. The first-order valence-corrected chi connectivity index (χ1v) is 7.98. The Hall–Kier alpha value is -2.26. The van der Waals surface area contributed by atoms with Crippen molar-refractivity contribution in [1.82, 2.24) is 0 Å². The fourth-order valence-corrected chi connectivity index (χ4v) is 1.52. The van der Waals surface area contributed by atoms with Crippen LogP contribution in [0.2, 0.25) is 0 Å². The largest absolute Gasteiger partial charge is 0.790 e. The van der Waals surface area contributed by atoms with Gasteiger partial charge in [0.2, 0.25) is 0 Å². The van der Waals surface area contributed by atoms with Crippen molar-refractivity contribution in [3.63, 3.8) is 0 Å². The van der Waals surface area contributed by atoms with E-state index in [0.717, 1.165) is 0 Å². The van der Waals surface area contributed by atoms with Gasteiger partial charge in [-0.2, -0.15) is 0 Å². The highest BCUT2D eigenvalue weighted by atomic mass is 31.2. The summed E-state index contributed by atoms with van der Waals surface area (Å²) in [4.78, 5) is 56.9. The van der Waals surface area contributed by atoms with Gasteiger partial charge < -0.3 is 28.6 Å². The summed E-state index contributed by atoms with van der Waals surface area (Å²) in [5.41, 5.74) is -0.617. The van der Waals surface area contributed by atoms with Crippen LogP contribution < -0.4 is 9.79 Å². The number of ether oxygens (including phenoxy) is 3. The van der Waals surface area contributed by atoms with Gasteiger partial charge in [-0.1, -0.05) is 19.7 Å². The monoisotopic (exact) mass is 376 g/mol. The number of phosphoric acid groups is 1. The maximum absolute atomic E-state index is 11.7. The summed E-state index contributed by atoms with van der Waals surface area (Å²) in [7, 11) is -5.87. The van der Waals surface area contributed by atoms with E-state index >= 15 is 0 Å².